The number of halogens is 1. The third kappa shape index (κ3) is 4.51. The number of nitrogens with two attached hydrogens (primary N) is 1. The summed E-state index contributed by atoms with van der Waals surface area (Å²) in [4.78, 5) is 11.6. The van der Waals surface area contributed by atoms with E-state index in [1.165, 1.54) is 12.1 Å². The number of hydrogen-bond donors (Lipinski definition) is 2. The highest BCUT2D eigenvalue weighted by atomic mass is 32.2. The number of hydrogen-bond acceptors (Lipinski definition) is 4. The highest BCUT2D eigenvalue weighted by Crippen LogP contribution is 2.17. The highest BCUT2D eigenvalue weighted by Gasteiger charge is 2.18. The van der Waals surface area contributed by atoms with E-state index in [0.29, 0.717) is 5.69 Å². The Morgan fingerprint density at radius 3 is 2.63 bits per heavy atom. The van der Waals surface area contributed by atoms with Gasteiger partial charge in [-0.15, -0.1) is 0 Å². The fourth-order valence-electron chi connectivity index (χ4n) is 1.32. The smallest absolute Gasteiger partial charge is 0.225 e. The van der Waals surface area contributed by atoms with Crippen molar-refractivity contribution in [3.05, 3.63) is 24.0 Å². The van der Waals surface area contributed by atoms with Crippen molar-refractivity contribution in [1.29, 1.82) is 0 Å². The van der Waals surface area contributed by atoms with Crippen molar-refractivity contribution in [1.82, 2.24) is 0 Å². The molecule has 1 rings (SSSR count). The predicted molar refractivity (Wildman–Crippen MR) is 73.0 cm³/mol. The molecule has 0 fully saturated rings. The topological polar surface area (TPSA) is 89.3 Å². The first kappa shape index (κ1) is 15.4. The average Bonchev–Trinajstić information content (AvgIpc) is 2.31. The molecule has 0 atom stereocenters. The molecule has 0 aliphatic rings. The largest absolute Gasteiger partial charge is 0.399 e. The molecule has 1 aromatic carbocycles. The zero-order valence-electron chi connectivity index (χ0n) is 10.8. The third-order valence-electron chi connectivity index (χ3n) is 2.60. The van der Waals surface area contributed by atoms with Crippen LogP contribution >= 0.6 is 0 Å². The monoisotopic (exact) mass is 288 g/mol. The van der Waals surface area contributed by atoms with Gasteiger partial charge in [-0.1, -0.05) is 0 Å². The average molecular weight is 288 g/mol. The number of nitrogen functional groups attached to an aromatic ring is 1. The van der Waals surface area contributed by atoms with E-state index in [1.807, 2.05) is 0 Å². The Balaban J connectivity index is 2.64. The maximum absolute atomic E-state index is 13.3. The number of carbonyl (C=O) groups is 1. The van der Waals surface area contributed by atoms with E-state index in [0.717, 1.165) is 6.07 Å². The van der Waals surface area contributed by atoms with Crippen LogP contribution in [0.2, 0.25) is 0 Å². The lowest BCUT2D eigenvalue weighted by molar-refractivity contribution is -0.115. The zero-order chi connectivity index (χ0) is 14.6. The summed E-state index contributed by atoms with van der Waals surface area (Å²) in [5.74, 6) is -1.44. The van der Waals surface area contributed by atoms with Crippen molar-refractivity contribution in [3.63, 3.8) is 0 Å². The van der Waals surface area contributed by atoms with Gasteiger partial charge >= 0.3 is 0 Å². The van der Waals surface area contributed by atoms with Gasteiger partial charge in [-0.05, 0) is 32.0 Å². The second-order valence-corrected chi connectivity index (χ2v) is 7.13. The number of nitrogens with one attached hydrogen (secondary N) is 1. The second-order valence-electron chi connectivity index (χ2n) is 4.45. The number of rotatable bonds is 5. The molecule has 3 N–H and O–H groups in total. The van der Waals surface area contributed by atoms with Gasteiger partial charge in [-0.25, -0.2) is 12.8 Å². The van der Waals surface area contributed by atoms with E-state index in [9.17, 15) is 17.6 Å². The molecule has 19 heavy (non-hydrogen) atoms. The second kappa shape index (κ2) is 6.01. The molecular weight excluding hydrogens is 271 g/mol. The van der Waals surface area contributed by atoms with Crippen LogP contribution in [0.25, 0.3) is 0 Å². The van der Waals surface area contributed by atoms with Gasteiger partial charge in [0.15, 0.2) is 9.84 Å². The molecule has 0 spiro atoms. The summed E-state index contributed by atoms with van der Waals surface area (Å²) in [6.07, 6.45) is -0.214. The summed E-state index contributed by atoms with van der Waals surface area (Å²) in [6.45, 7) is 3.09. The molecule has 0 aliphatic carbocycles. The van der Waals surface area contributed by atoms with E-state index in [2.05, 4.69) is 5.32 Å². The molecule has 1 amide bonds. The minimum absolute atomic E-state index is 0.0491. The maximum Gasteiger partial charge on any atom is 0.225 e. The molecule has 0 saturated carbocycles. The lowest BCUT2D eigenvalue weighted by Gasteiger charge is -2.09. The van der Waals surface area contributed by atoms with Gasteiger partial charge < -0.3 is 11.1 Å². The van der Waals surface area contributed by atoms with Crippen LogP contribution in [0.1, 0.15) is 20.3 Å². The van der Waals surface area contributed by atoms with Crippen LogP contribution in [0.3, 0.4) is 0 Å². The standard InChI is InChI=1S/C12H17FN2O3S/c1-8(2)19(17,18)6-5-12(16)15-11-7-9(14)3-4-10(11)13/h3-4,7-8H,5-6,14H2,1-2H3,(H,15,16). The first-order valence-electron chi connectivity index (χ1n) is 5.79. The van der Waals surface area contributed by atoms with Gasteiger partial charge in [-0.2, -0.15) is 0 Å². The number of amides is 1. The Hall–Kier alpha value is -1.63. The number of benzene rings is 1. The van der Waals surface area contributed by atoms with Crippen LogP contribution in [0.15, 0.2) is 18.2 Å². The van der Waals surface area contributed by atoms with Crippen LogP contribution in [-0.2, 0) is 14.6 Å². The first-order chi connectivity index (χ1) is 8.72. The molecule has 0 radical (unpaired) electrons. The number of anilines is 2. The molecule has 0 unspecified atom stereocenters. The predicted octanol–water partition coefficient (Wildman–Crippen LogP) is 1.56. The minimum atomic E-state index is -3.28. The molecule has 0 bridgehead atoms. The van der Waals surface area contributed by atoms with Crippen LogP contribution in [0, 0.1) is 5.82 Å². The van der Waals surface area contributed by atoms with Gasteiger partial charge in [0, 0.05) is 12.1 Å². The molecule has 1 aromatic rings. The first-order valence-corrected chi connectivity index (χ1v) is 7.50. The highest BCUT2D eigenvalue weighted by molar-refractivity contribution is 7.91. The Bertz CT molecular complexity index is 570. The summed E-state index contributed by atoms with van der Waals surface area (Å²) < 4.78 is 36.4. The van der Waals surface area contributed by atoms with Crippen molar-refractivity contribution in [2.24, 2.45) is 0 Å². The van der Waals surface area contributed by atoms with Crippen LogP contribution in [0.4, 0.5) is 15.8 Å². The minimum Gasteiger partial charge on any atom is -0.399 e. The third-order valence-corrected chi connectivity index (χ3v) is 4.81. The SMILES string of the molecule is CC(C)S(=O)(=O)CCC(=O)Nc1cc(N)ccc1F. The van der Waals surface area contributed by atoms with E-state index in [1.54, 1.807) is 13.8 Å². The molecular formula is C12H17FN2O3S. The van der Waals surface area contributed by atoms with E-state index >= 15 is 0 Å². The van der Waals surface area contributed by atoms with Gasteiger partial charge in [-0.3, -0.25) is 4.79 Å². The van der Waals surface area contributed by atoms with Crippen molar-refractivity contribution in [2.75, 3.05) is 16.8 Å². The molecule has 5 nitrogen and oxygen atoms in total. The number of carbonyl (C=O) groups excluding carboxylic acids is 1. The molecule has 106 valence electrons. The summed E-state index contributed by atoms with van der Waals surface area (Å²) in [5, 5.41) is 1.77. The van der Waals surface area contributed by atoms with Gasteiger partial charge in [0.2, 0.25) is 5.91 Å². The summed E-state index contributed by atoms with van der Waals surface area (Å²) in [6, 6.07) is 3.79. The van der Waals surface area contributed by atoms with Crippen LogP contribution in [-0.4, -0.2) is 25.3 Å². The van der Waals surface area contributed by atoms with Crippen molar-refractivity contribution < 1.29 is 17.6 Å². The summed E-state index contributed by atoms with van der Waals surface area (Å²) >= 11 is 0. The molecule has 0 aliphatic heterocycles. The van der Waals surface area contributed by atoms with Gasteiger partial charge in [0.05, 0.1) is 16.7 Å². The Morgan fingerprint density at radius 2 is 2.05 bits per heavy atom. The quantitative estimate of drug-likeness (QED) is 0.805. The maximum atomic E-state index is 13.3. The van der Waals surface area contributed by atoms with E-state index < -0.39 is 26.8 Å². The summed E-state index contributed by atoms with van der Waals surface area (Å²) in [7, 11) is -3.28. The van der Waals surface area contributed by atoms with Crippen LogP contribution < -0.4 is 11.1 Å². The lowest BCUT2D eigenvalue weighted by Crippen LogP contribution is -2.22. The molecule has 0 saturated heterocycles. The lowest BCUT2D eigenvalue weighted by atomic mass is 10.2. The fourth-order valence-corrected chi connectivity index (χ4v) is 2.26. The molecule has 7 heteroatoms. The van der Waals surface area contributed by atoms with Crippen molar-refractivity contribution in [3.8, 4) is 0 Å². The van der Waals surface area contributed by atoms with Gasteiger partial charge in [0.25, 0.3) is 0 Å². The van der Waals surface area contributed by atoms with Crippen molar-refractivity contribution in [2.45, 2.75) is 25.5 Å². The van der Waals surface area contributed by atoms with Gasteiger partial charge in [0.1, 0.15) is 5.82 Å². The Kier molecular flexibility index (Phi) is 4.88. The number of sulfone groups is 1. The molecule has 0 heterocycles. The normalized spacial score (nSPS) is 11.6. The Morgan fingerprint density at radius 1 is 1.42 bits per heavy atom. The van der Waals surface area contributed by atoms with Crippen molar-refractivity contribution >= 4 is 27.1 Å². The zero-order valence-corrected chi connectivity index (χ0v) is 11.6. The molecule has 0 aromatic heterocycles. The van der Waals surface area contributed by atoms with Crippen LogP contribution in [0.5, 0.6) is 0 Å². The van der Waals surface area contributed by atoms with E-state index in [-0.39, 0.29) is 17.9 Å². The fraction of sp³-hybridized carbons (Fsp3) is 0.417. The summed E-state index contributed by atoms with van der Waals surface area (Å²) in [5.41, 5.74) is 5.73. The Labute approximate surface area is 111 Å². The van der Waals surface area contributed by atoms with E-state index in [4.69, 9.17) is 5.73 Å².